The van der Waals surface area contributed by atoms with Crippen LogP contribution in [0.1, 0.15) is 61.3 Å². The van der Waals surface area contributed by atoms with Crippen molar-refractivity contribution in [3.63, 3.8) is 0 Å². The summed E-state index contributed by atoms with van der Waals surface area (Å²) in [6.07, 6.45) is 7.35. The number of rotatable bonds is 8. The molecule has 0 aromatic heterocycles. The van der Waals surface area contributed by atoms with Crippen molar-refractivity contribution in [2.45, 2.75) is 61.3 Å². The Bertz CT molecular complexity index is 462. The molecule has 0 heterocycles. The molecule has 0 rings (SSSR count). The van der Waals surface area contributed by atoms with Crippen molar-refractivity contribution in [2.24, 2.45) is 11.8 Å². The van der Waals surface area contributed by atoms with Crippen molar-refractivity contribution in [1.82, 2.24) is 0 Å². The van der Waals surface area contributed by atoms with E-state index in [1.165, 1.54) is 12.0 Å². The zero-order valence-corrected chi connectivity index (χ0v) is 16.0. The van der Waals surface area contributed by atoms with Crippen LogP contribution in [0.25, 0.3) is 0 Å². The van der Waals surface area contributed by atoms with Gasteiger partial charge in [-0.05, 0) is 49.3 Å². The Labute approximate surface area is 142 Å². The molecule has 0 aromatic rings. The highest BCUT2D eigenvalue weighted by Gasteiger charge is 2.05. The molecule has 2 heteroatoms. The quantitative estimate of drug-likeness (QED) is 0.398. The van der Waals surface area contributed by atoms with Gasteiger partial charge in [-0.3, -0.25) is 0 Å². The van der Waals surface area contributed by atoms with Crippen molar-refractivity contribution < 1.29 is 8.78 Å². The largest absolute Gasteiger partial charge is 0.204 e. The van der Waals surface area contributed by atoms with Gasteiger partial charge in [0.1, 0.15) is 0 Å². The second kappa shape index (κ2) is 13.0. The van der Waals surface area contributed by atoms with E-state index in [1.807, 2.05) is 32.9 Å². The molecule has 0 aliphatic rings. The maximum absolute atomic E-state index is 13.1. The van der Waals surface area contributed by atoms with Crippen LogP contribution in [0.5, 0.6) is 0 Å². The summed E-state index contributed by atoms with van der Waals surface area (Å²) in [6.45, 7) is 21.2. The van der Waals surface area contributed by atoms with Crippen LogP contribution in [0.4, 0.5) is 8.78 Å². The second-order valence-corrected chi connectivity index (χ2v) is 6.06. The molecule has 0 N–H and O–H groups in total. The van der Waals surface area contributed by atoms with Crippen molar-refractivity contribution in [3.8, 4) is 0 Å². The van der Waals surface area contributed by atoms with Gasteiger partial charge in [0.25, 0.3) is 0 Å². The average Bonchev–Trinajstić information content (AvgIpc) is 2.51. The fourth-order valence-corrected chi connectivity index (χ4v) is 1.68. The molecule has 1 atom stereocenters. The topological polar surface area (TPSA) is 0 Å². The van der Waals surface area contributed by atoms with Crippen molar-refractivity contribution in [3.05, 3.63) is 59.8 Å². The zero-order chi connectivity index (χ0) is 18.6. The SMILES string of the molecule is C=C(/C=C(/F)C(=C)F)/C(C)=C/C=C(\C)C(C)CCC(C)C.CC. The Morgan fingerprint density at radius 3 is 1.91 bits per heavy atom. The summed E-state index contributed by atoms with van der Waals surface area (Å²) in [7, 11) is 0. The lowest BCUT2D eigenvalue weighted by atomic mass is 9.93. The minimum Gasteiger partial charge on any atom is -0.204 e. The molecule has 0 amide bonds. The molecule has 0 spiro atoms. The van der Waals surface area contributed by atoms with Gasteiger partial charge in [-0.1, -0.05) is 71.9 Å². The van der Waals surface area contributed by atoms with E-state index in [1.54, 1.807) is 0 Å². The lowest BCUT2D eigenvalue weighted by Crippen LogP contribution is -1.99. The first-order chi connectivity index (χ1) is 10.6. The molecule has 0 radical (unpaired) electrons. The summed E-state index contributed by atoms with van der Waals surface area (Å²) in [5.41, 5.74) is 2.54. The summed E-state index contributed by atoms with van der Waals surface area (Å²) in [4.78, 5) is 0. The fourth-order valence-electron chi connectivity index (χ4n) is 1.68. The number of allylic oxidation sites excluding steroid dienone is 8. The average molecular weight is 324 g/mol. The van der Waals surface area contributed by atoms with Gasteiger partial charge in [-0.2, -0.15) is 0 Å². The first-order valence-electron chi connectivity index (χ1n) is 8.41. The number of hydrogen-bond acceptors (Lipinski definition) is 0. The van der Waals surface area contributed by atoms with E-state index in [-0.39, 0.29) is 0 Å². The standard InChI is InChI=1S/C19H28F2.C2H6/c1-13(2)8-9-14(3)15(4)10-11-16(5)17(6)12-19(21)18(7)20;1-2/h10-14H,6-9H2,1-5H3;1-2H3/b15-10+,16-11+,19-12+;. The predicted octanol–water partition coefficient (Wildman–Crippen LogP) is 7.87. The maximum atomic E-state index is 13.1. The molecule has 0 aliphatic heterocycles. The van der Waals surface area contributed by atoms with Gasteiger partial charge in [0.05, 0.1) is 0 Å². The minimum absolute atomic E-state index is 0.449. The van der Waals surface area contributed by atoms with Gasteiger partial charge in [-0.15, -0.1) is 0 Å². The van der Waals surface area contributed by atoms with Gasteiger partial charge in [-0.25, -0.2) is 8.78 Å². The Morgan fingerprint density at radius 2 is 1.48 bits per heavy atom. The molecule has 1 unspecified atom stereocenters. The fraction of sp³-hybridized carbons (Fsp3) is 0.524. The molecule has 0 aliphatic carbocycles. The van der Waals surface area contributed by atoms with E-state index in [0.29, 0.717) is 17.4 Å². The Balaban J connectivity index is 0. The molecule has 132 valence electrons. The summed E-state index contributed by atoms with van der Waals surface area (Å²) < 4.78 is 25.7. The highest BCUT2D eigenvalue weighted by Crippen LogP contribution is 2.21. The summed E-state index contributed by atoms with van der Waals surface area (Å²) in [5, 5.41) is 0. The van der Waals surface area contributed by atoms with E-state index in [4.69, 9.17) is 0 Å². The van der Waals surface area contributed by atoms with E-state index >= 15 is 0 Å². The van der Waals surface area contributed by atoms with E-state index in [9.17, 15) is 8.78 Å². The van der Waals surface area contributed by atoms with E-state index in [2.05, 4.69) is 40.9 Å². The van der Waals surface area contributed by atoms with Gasteiger partial charge in [0.2, 0.25) is 0 Å². The van der Waals surface area contributed by atoms with Crippen molar-refractivity contribution in [2.75, 3.05) is 0 Å². The molecule has 0 saturated carbocycles. The van der Waals surface area contributed by atoms with Crippen LogP contribution < -0.4 is 0 Å². The van der Waals surface area contributed by atoms with Crippen LogP contribution in [0.15, 0.2) is 59.8 Å². The third-order valence-electron chi connectivity index (χ3n) is 3.62. The second-order valence-electron chi connectivity index (χ2n) is 6.06. The first-order valence-corrected chi connectivity index (χ1v) is 8.41. The molecule has 0 saturated heterocycles. The van der Waals surface area contributed by atoms with Gasteiger partial charge in [0.15, 0.2) is 11.7 Å². The number of halogens is 2. The third-order valence-corrected chi connectivity index (χ3v) is 3.62. The van der Waals surface area contributed by atoms with Crippen LogP contribution in [0, 0.1) is 11.8 Å². The highest BCUT2D eigenvalue weighted by atomic mass is 19.2. The van der Waals surface area contributed by atoms with Crippen LogP contribution in [0.2, 0.25) is 0 Å². The maximum Gasteiger partial charge on any atom is 0.158 e. The Morgan fingerprint density at radius 1 is 0.957 bits per heavy atom. The molecular weight excluding hydrogens is 290 g/mol. The lowest BCUT2D eigenvalue weighted by molar-refractivity contribution is 0.489. The normalized spacial score (nSPS) is 14.3. The van der Waals surface area contributed by atoms with Crippen molar-refractivity contribution >= 4 is 0 Å². The highest BCUT2D eigenvalue weighted by molar-refractivity contribution is 5.41. The van der Waals surface area contributed by atoms with E-state index in [0.717, 1.165) is 18.1 Å². The van der Waals surface area contributed by atoms with Gasteiger partial charge >= 0.3 is 0 Å². The lowest BCUT2D eigenvalue weighted by Gasteiger charge is -2.13. The molecule has 0 bridgehead atoms. The first kappa shape index (κ1) is 23.8. The molecule has 0 fully saturated rings. The summed E-state index contributed by atoms with van der Waals surface area (Å²) in [6, 6.07) is 0. The van der Waals surface area contributed by atoms with Crippen molar-refractivity contribution in [1.29, 1.82) is 0 Å². The summed E-state index contributed by atoms with van der Waals surface area (Å²) in [5.74, 6) is -0.821. The van der Waals surface area contributed by atoms with Crippen LogP contribution >= 0.6 is 0 Å². The van der Waals surface area contributed by atoms with Gasteiger partial charge in [0, 0.05) is 0 Å². The Kier molecular flexibility index (Phi) is 13.5. The smallest absolute Gasteiger partial charge is 0.158 e. The Hall–Kier alpha value is -1.44. The van der Waals surface area contributed by atoms with E-state index < -0.39 is 11.7 Å². The monoisotopic (exact) mass is 324 g/mol. The zero-order valence-electron chi connectivity index (χ0n) is 16.0. The van der Waals surface area contributed by atoms with Crippen LogP contribution in [-0.2, 0) is 0 Å². The van der Waals surface area contributed by atoms with Gasteiger partial charge < -0.3 is 0 Å². The van der Waals surface area contributed by atoms with Crippen LogP contribution in [-0.4, -0.2) is 0 Å². The molecule has 23 heavy (non-hydrogen) atoms. The number of hydrogen-bond donors (Lipinski definition) is 0. The minimum atomic E-state index is -1.07. The predicted molar refractivity (Wildman–Crippen MR) is 101 cm³/mol. The molecule has 0 aromatic carbocycles. The molecule has 0 nitrogen and oxygen atoms in total. The third kappa shape index (κ3) is 11.7. The van der Waals surface area contributed by atoms with Crippen LogP contribution in [0.3, 0.4) is 0 Å². The molecular formula is C21H34F2. The summed E-state index contributed by atoms with van der Waals surface area (Å²) >= 11 is 0.